The van der Waals surface area contributed by atoms with Crippen LogP contribution in [0.2, 0.25) is 5.02 Å². The number of amides is 1. The minimum Gasteiger partial charge on any atom is -0.267 e. The van der Waals surface area contributed by atoms with Crippen molar-refractivity contribution in [3.05, 3.63) is 75.9 Å². The Morgan fingerprint density at radius 3 is 2.75 bits per heavy atom. The molecule has 0 saturated heterocycles. The van der Waals surface area contributed by atoms with E-state index < -0.39 is 0 Å². The maximum atomic E-state index is 12.4. The van der Waals surface area contributed by atoms with E-state index in [0.717, 1.165) is 22.0 Å². The fourth-order valence-corrected chi connectivity index (χ4v) is 2.68. The maximum Gasteiger partial charge on any atom is 0.273 e. The summed E-state index contributed by atoms with van der Waals surface area (Å²) >= 11 is 5.91. The summed E-state index contributed by atoms with van der Waals surface area (Å²) in [5.41, 5.74) is 6.53. The SMILES string of the molecule is Cc1nc2c(C)cccc2cc1C(=O)N/N=C/c1cccc(Cl)c1. The van der Waals surface area contributed by atoms with Crippen LogP contribution in [0.25, 0.3) is 10.9 Å². The highest BCUT2D eigenvalue weighted by molar-refractivity contribution is 6.30. The second kappa shape index (κ2) is 6.81. The van der Waals surface area contributed by atoms with Crippen molar-refractivity contribution in [3.8, 4) is 0 Å². The number of para-hydroxylation sites is 1. The number of hydrogen-bond acceptors (Lipinski definition) is 3. The number of aryl methyl sites for hydroxylation is 2. The Morgan fingerprint density at radius 2 is 1.96 bits per heavy atom. The van der Waals surface area contributed by atoms with Gasteiger partial charge in [-0.1, -0.05) is 41.9 Å². The van der Waals surface area contributed by atoms with Gasteiger partial charge in [0.2, 0.25) is 0 Å². The number of benzene rings is 2. The zero-order valence-electron chi connectivity index (χ0n) is 13.4. The summed E-state index contributed by atoms with van der Waals surface area (Å²) in [4.78, 5) is 16.9. The highest BCUT2D eigenvalue weighted by Crippen LogP contribution is 2.19. The fourth-order valence-electron chi connectivity index (χ4n) is 2.48. The standard InChI is InChI=1S/C19H16ClN3O/c1-12-5-3-7-15-10-17(13(2)22-18(12)15)19(24)23-21-11-14-6-4-8-16(20)9-14/h3-11H,1-2H3,(H,23,24)/b21-11+. The quantitative estimate of drug-likeness (QED) is 0.573. The zero-order valence-corrected chi connectivity index (χ0v) is 14.1. The van der Waals surface area contributed by atoms with Crippen LogP contribution in [0, 0.1) is 13.8 Å². The average Bonchev–Trinajstić information content (AvgIpc) is 2.55. The number of hydrogen-bond donors (Lipinski definition) is 1. The predicted octanol–water partition coefficient (Wildman–Crippen LogP) is 4.27. The van der Waals surface area contributed by atoms with Gasteiger partial charge >= 0.3 is 0 Å². The summed E-state index contributed by atoms with van der Waals surface area (Å²) in [6.07, 6.45) is 1.55. The van der Waals surface area contributed by atoms with Crippen LogP contribution in [-0.2, 0) is 0 Å². The first-order chi connectivity index (χ1) is 11.5. The van der Waals surface area contributed by atoms with Gasteiger partial charge in [-0.15, -0.1) is 0 Å². The van der Waals surface area contributed by atoms with Gasteiger partial charge in [-0.05, 0) is 43.2 Å². The fraction of sp³-hybridized carbons (Fsp3) is 0.105. The highest BCUT2D eigenvalue weighted by atomic mass is 35.5. The van der Waals surface area contributed by atoms with Crippen LogP contribution in [0.4, 0.5) is 0 Å². The van der Waals surface area contributed by atoms with E-state index in [-0.39, 0.29) is 5.91 Å². The molecule has 3 rings (SSSR count). The van der Waals surface area contributed by atoms with Crippen LogP contribution in [0.15, 0.2) is 53.6 Å². The van der Waals surface area contributed by atoms with Crippen molar-refractivity contribution in [1.82, 2.24) is 10.4 Å². The van der Waals surface area contributed by atoms with Gasteiger partial charge in [-0.25, -0.2) is 5.43 Å². The van der Waals surface area contributed by atoms with Crippen LogP contribution in [0.5, 0.6) is 0 Å². The summed E-state index contributed by atoms with van der Waals surface area (Å²) in [7, 11) is 0. The van der Waals surface area contributed by atoms with Gasteiger partial charge in [0.1, 0.15) is 0 Å². The van der Waals surface area contributed by atoms with E-state index in [0.29, 0.717) is 16.3 Å². The predicted molar refractivity (Wildman–Crippen MR) is 97.7 cm³/mol. The van der Waals surface area contributed by atoms with Gasteiger partial charge in [0.25, 0.3) is 5.91 Å². The number of rotatable bonds is 3. The Morgan fingerprint density at radius 1 is 1.17 bits per heavy atom. The number of fused-ring (bicyclic) bond motifs is 1. The second-order valence-electron chi connectivity index (χ2n) is 5.52. The van der Waals surface area contributed by atoms with Crippen molar-refractivity contribution in [2.45, 2.75) is 13.8 Å². The van der Waals surface area contributed by atoms with Crippen LogP contribution >= 0.6 is 11.6 Å². The van der Waals surface area contributed by atoms with E-state index in [4.69, 9.17) is 11.6 Å². The minimum absolute atomic E-state index is 0.290. The van der Waals surface area contributed by atoms with E-state index in [1.165, 1.54) is 0 Å². The van der Waals surface area contributed by atoms with E-state index in [9.17, 15) is 4.79 Å². The van der Waals surface area contributed by atoms with Gasteiger partial charge in [0, 0.05) is 10.4 Å². The molecule has 0 fully saturated rings. The summed E-state index contributed by atoms with van der Waals surface area (Å²) in [6, 6.07) is 15.0. The summed E-state index contributed by atoms with van der Waals surface area (Å²) < 4.78 is 0. The molecule has 0 radical (unpaired) electrons. The molecule has 0 aliphatic heterocycles. The Kier molecular flexibility index (Phi) is 4.58. The van der Waals surface area contributed by atoms with Crippen molar-refractivity contribution in [3.63, 3.8) is 0 Å². The third kappa shape index (κ3) is 3.44. The lowest BCUT2D eigenvalue weighted by atomic mass is 10.1. The van der Waals surface area contributed by atoms with Gasteiger partial charge in [-0.2, -0.15) is 5.10 Å². The monoisotopic (exact) mass is 337 g/mol. The summed E-state index contributed by atoms with van der Waals surface area (Å²) in [5, 5.41) is 5.54. The third-order valence-corrected chi connectivity index (χ3v) is 3.95. The lowest BCUT2D eigenvalue weighted by Gasteiger charge is -2.07. The maximum absolute atomic E-state index is 12.4. The van der Waals surface area contributed by atoms with E-state index in [1.54, 1.807) is 18.3 Å². The van der Waals surface area contributed by atoms with Crippen LogP contribution in [0.1, 0.15) is 27.2 Å². The molecular weight excluding hydrogens is 322 g/mol. The first-order valence-corrected chi connectivity index (χ1v) is 7.88. The molecule has 1 N–H and O–H groups in total. The van der Waals surface area contributed by atoms with Crippen molar-refractivity contribution >= 4 is 34.6 Å². The number of pyridine rings is 1. The molecule has 0 saturated carbocycles. The molecule has 0 atom stereocenters. The number of carbonyl (C=O) groups is 1. The van der Waals surface area contributed by atoms with Crippen LogP contribution < -0.4 is 5.43 Å². The van der Waals surface area contributed by atoms with Gasteiger partial charge in [0.15, 0.2) is 0 Å². The Bertz CT molecular complexity index is 950. The molecule has 24 heavy (non-hydrogen) atoms. The highest BCUT2D eigenvalue weighted by Gasteiger charge is 2.11. The molecule has 3 aromatic rings. The molecule has 0 unspecified atom stereocenters. The molecular formula is C19H16ClN3O. The Hall–Kier alpha value is -2.72. The lowest BCUT2D eigenvalue weighted by molar-refractivity contribution is 0.0954. The van der Waals surface area contributed by atoms with E-state index >= 15 is 0 Å². The van der Waals surface area contributed by atoms with Crippen LogP contribution in [0.3, 0.4) is 0 Å². The van der Waals surface area contributed by atoms with Gasteiger partial charge in [0.05, 0.1) is 23.0 Å². The number of nitrogens with one attached hydrogen (secondary N) is 1. The van der Waals surface area contributed by atoms with Crippen LogP contribution in [-0.4, -0.2) is 17.1 Å². The van der Waals surface area contributed by atoms with Gasteiger partial charge in [-0.3, -0.25) is 9.78 Å². The molecule has 5 heteroatoms. The van der Waals surface area contributed by atoms with Crippen molar-refractivity contribution < 1.29 is 4.79 Å². The average molecular weight is 338 g/mol. The number of halogens is 1. The number of nitrogens with zero attached hydrogens (tertiary/aromatic N) is 2. The van der Waals surface area contributed by atoms with E-state index in [2.05, 4.69) is 15.5 Å². The van der Waals surface area contributed by atoms with Crippen molar-refractivity contribution in [1.29, 1.82) is 0 Å². The molecule has 0 bridgehead atoms. The molecule has 1 heterocycles. The molecule has 4 nitrogen and oxygen atoms in total. The second-order valence-corrected chi connectivity index (χ2v) is 5.96. The first-order valence-electron chi connectivity index (χ1n) is 7.50. The molecule has 0 aliphatic rings. The largest absolute Gasteiger partial charge is 0.273 e. The lowest BCUT2D eigenvalue weighted by Crippen LogP contribution is -2.19. The zero-order chi connectivity index (χ0) is 17.1. The molecule has 0 aliphatic carbocycles. The van der Waals surface area contributed by atoms with Crippen molar-refractivity contribution in [2.24, 2.45) is 5.10 Å². The topological polar surface area (TPSA) is 54.4 Å². The van der Waals surface area contributed by atoms with Crippen molar-refractivity contribution in [2.75, 3.05) is 0 Å². The molecule has 2 aromatic carbocycles. The summed E-state index contributed by atoms with van der Waals surface area (Å²) in [5.74, 6) is -0.290. The van der Waals surface area contributed by atoms with Gasteiger partial charge < -0.3 is 0 Å². The molecule has 1 aromatic heterocycles. The first kappa shape index (κ1) is 16.1. The normalized spacial score (nSPS) is 11.1. The molecule has 0 spiro atoms. The minimum atomic E-state index is -0.290. The molecule has 1 amide bonds. The Labute approximate surface area is 145 Å². The third-order valence-electron chi connectivity index (χ3n) is 3.71. The molecule has 120 valence electrons. The van der Waals surface area contributed by atoms with E-state index in [1.807, 2.05) is 50.2 Å². The summed E-state index contributed by atoms with van der Waals surface area (Å²) in [6.45, 7) is 3.82. The Balaban J connectivity index is 1.82. The number of hydrazone groups is 1. The number of carbonyl (C=O) groups excluding carboxylic acids is 1. The number of aromatic nitrogens is 1. The smallest absolute Gasteiger partial charge is 0.267 e.